The number of nitrogens with two attached hydrogens (primary N) is 1. The summed E-state index contributed by atoms with van der Waals surface area (Å²) in [7, 11) is 0. The Balaban J connectivity index is 2.31. The van der Waals surface area contributed by atoms with E-state index in [9.17, 15) is 4.79 Å². The zero-order valence-corrected chi connectivity index (χ0v) is 9.53. The summed E-state index contributed by atoms with van der Waals surface area (Å²) >= 11 is 0. The summed E-state index contributed by atoms with van der Waals surface area (Å²) in [5, 5.41) is 5.78. The molecule has 0 aliphatic rings. The molecule has 0 aliphatic carbocycles. The highest BCUT2D eigenvalue weighted by molar-refractivity contribution is 5.76. The highest BCUT2D eigenvalue weighted by atomic mass is 16.1. The van der Waals surface area contributed by atoms with Crippen molar-refractivity contribution in [2.75, 3.05) is 17.6 Å². The van der Waals surface area contributed by atoms with E-state index in [-0.39, 0.29) is 11.9 Å². The lowest BCUT2D eigenvalue weighted by Gasteiger charge is -2.09. The molecule has 1 aromatic heterocycles. The third-order valence-electron chi connectivity index (χ3n) is 1.83. The van der Waals surface area contributed by atoms with Crippen LogP contribution in [0.15, 0.2) is 12.5 Å². The Morgan fingerprint density at radius 2 is 2.31 bits per heavy atom. The predicted octanol–water partition coefficient (Wildman–Crippen LogP) is 0.385. The Labute approximate surface area is 94.7 Å². The summed E-state index contributed by atoms with van der Waals surface area (Å²) in [5.41, 5.74) is 6.11. The van der Waals surface area contributed by atoms with Crippen molar-refractivity contribution in [1.82, 2.24) is 15.3 Å². The number of carbonyl (C=O) groups is 1. The van der Waals surface area contributed by atoms with Gasteiger partial charge in [-0.3, -0.25) is 4.79 Å². The molecule has 6 nitrogen and oxygen atoms in total. The molecule has 1 heterocycles. The molecule has 1 amide bonds. The topological polar surface area (TPSA) is 92.9 Å². The molecule has 0 saturated carbocycles. The number of amides is 1. The average molecular weight is 223 g/mol. The molecule has 1 rings (SSSR count). The van der Waals surface area contributed by atoms with E-state index >= 15 is 0 Å². The number of nitrogen functional groups attached to an aromatic ring is 1. The molecule has 1 aromatic rings. The van der Waals surface area contributed by atoms with Crippen molar-refractivity contribution in [3.63, 3.8) is 0 Å². The fourth-order valence-electron chi connectivity index (χ4n) is 1.18. The summed E-state index contributed by atoms with van der Waals surface area (Å²) in [4.78, 5) is 19.0. The van der Waals surface area contributed by atoms with Crippen molar-refractivity contribution in [2.24, 2.45) is 0 Å². The summed E-state index contributed by atoms with van der Waals surface area (Å²) in [6, 6.07) is 0.164. The zero-order valence-electron chi connectivity index (χ0n) is 9.53. The van der Waals surface area contributed by atoms with Gasteiger partial charge in [-0.2, -0.15) is 0 Å². The highest BCUT2D eigenvalue weighted by Gasteiger charge is 2.04. The fourth-order valence-corrected chi connectivity index (χ4v) is 1.18. The van der Waals surface area contributed by atoms with Crippen LogP contribution in [0.5, 0.6) is 0 Å². The highest BCUT2D eigenvalue weighted by Crippen LogP contribution is 2.10. The quantitative estimate of drug-likeness (QED) is 0.671. The standard InChI is InChI=1S/C10H17N5O/c1-7(2)15-9(16)3-4-13-10-8(11)5-12-6-14-10/h5-7H,3-4,11H2,1-2H3,(H,15,16)(H,12,13,14). The molecule has 0 bridgehead atoms. The first kappa shape index (κ1) is 12.2. The van der Waals surface area contributed by atoms with Crippen LogP contribution in [0, 0.1) is 0 Å². The maximum Gasteiger partial charge on any atom is 0.221 e. The number of anilines is 2. The van der Waals surface area contributed by atoms with Crippen LogP contribution in [0.2, 0.25) is 0 Å². The minimum absolute atomic E-state index is 0.00938. The third kappa shape index (κ3) is 4.12. The van der Waals surface area contributed by atoms with E-state index in [0.717, 1.165) is 0 Å². The van der Waals surface area contributed by atoms with Crippen molar-refractivity contribution >= 4 is 17.4 Å². The smallest absolute Gasteiger partial charge is 0.221 e. The minimum atomic E-state index is 0.00938. The van der Waals surface area contributed by atoms with E-state index in [2.05, 4.69) is 20.6 Å². The minimum Gasteiger partial charge on any atom is -0.394 e. The molecule has 0 saturated heterocycles. The van der Waals surface area contributed by atoms with Gasteiger partial charge in [0.15, 0.2) is 5.82 Å². The molecule has 16 heavy (non-hydrogen) atoms. The molecule has 0 aromatic carbocycles. The maximum atomic E-state index is 11.3. The number of nitrogens with zero attached hydrogens (tertiary/aromatic N) is 2. The number of hydrogen-bond donors (Lipinski definition) is 3. The van der Waals surface area contributed by atoms with Gasteiger partial charge in [-0.15, -0.1) is 0 Å². The SMILES string of the molecule is CC(C)NC(=O)CCNc1ncncc1N. The van der Waals surface area contributed by atoms with Gasteiger partial charge < -0.3 is 16.4 Å². The molecule has 0 aliphatic heterocycles. The van der Waals surface area contributed by atoms with E-state index < -0.39 is 0 Å². The Morgan fingerprint density at radius 3 is 2.94 bits per heavy atom. The largest absolute Gasteiger partial charge is 0.394 e. The van der Waals surface area contributed by atoms with Crippen molar-refractivity contribution in [3.05, 3.63) is 12.5 Å². The van der Waals surface area contributed by atoms with Gasteiger partial charge in [0.25, 0.3) is 0 Å². The van der Waals surface area contributed by atoms with Gasteiger partial charge in [-0.25, -0.2) is 9.97 Å². The lowest BCUT2D eigenvalue weighted by atomic mass is 10.3. The molecule has 0 unspecified atom stereocenters. The first-order valence-corrected chi connectivity index (χ1v) is 5.18. The first-order valence-electron chi connectivity index (χ1n) is 5.18. The van der Waals surface area contributed by atoms with Crippen LogP contribution in [0.3, 0.4) is 0 Å². The second kappa shape index (κ2) is 5.89. The van der Waals surface area contributed by atoms with Crippen molar-refractivity contribution in [3.8, 4) is 0 Å². The average Bonchev–Trinajstić information content (AvgIpc) is 2.19. The molecule has 0 spiro atoms. The van der Waals surface area contributed by atoms with Crippen LogP contribution in [0.25, 0.3) is 0 Å². The first-order chi connectivity index (χ1) is 7.59. The lowest BCUT2D eigenvalue weighted by molar-refractivity contribution is -0.121. The normalized spacial score (nSPS) is 10.2. The monoisotopic (exact) mass is 223 g/mol. The third-order valence-corrected chi connectivity index (χ3v) is 1.83. The maximum absolute atomic E-state index is 11.3. The van der Waals surface area contributed by atoms with E-state index in [1.54, 1.807) is 0 Å². The Hall–Kier alpha value is -1.85. The summed E-state index contributed by atoms with van der Waals surface area (Å²) < 4.78 is 0. The van der Waals surface area contributed by atoms with Gasteiger partial charge >= 0.3 is 0 Å². The van der Waals surface area contributed by atoms with E-state index in [1.807, 2.05) is 13.8 Å². The summed E-state index contributed by atoms with van der Waals surface area (Å²) in [6.07, 6.45) is 3.32. The van der Waals surface area contributed by atoms with Gasteiger partial charge in [-0.1, -0.05) is 0 Å². The fraction of sp³-hybridized carbons (Fsp3) is 0.500. The van der Waals surface area contributed by atoms with Gasteiger partial charge in [-0.05, 0) is 13.8 Å². The molecule has 0 radical (unpaired) electrons. The summed E-state index contributed by atoms with van der Waals surface area (Å²) in [6.45, 7) is 4.35. The number of aromatic nitrogens is 2. The van der Waals surface area contributed by atoms with Crippen LogP contribution < -0.4 is 16.4 Å². The molecule has 0 fully saturated rings. The predicted molar refractivity (Wildman–Crippen MR) is 62.8 cm³/mol. The van der Waals surface area contributed by atoms with Crippen LogP contribution in [-0.4, -0.2) is 28.5 Å². The Morgan fingerprint density at radius 1 is 1.56 bits per heavy atom. The molecule has 6 heteroatoms. The van der Waals surface area contributed by atoms with Gasteiger partial charge in [0.1, 0.15) is 6.33 Å². The number of rotatable bonds is 5. The lowest BCUT2D eigenvalue weighted by Crippen LogP contribution is -2.31. The van der Waals surface area contributed by atoms with E-state index in [4.69, 9.17) is 5.73 Å². The van der Waals surface area contributed by atoms with Crippen molar-refractivity contribution in [1.29, 1.82) is 0 Å². The van der Waals surface area contributed by atoms with Gasteiger partial charge in [0.2, 0.25) is 5.91 Å². The number of nitrogens with one attached hydrogen (secondary N) is 2. The van der Waals surface area contributed by atoms with Gasteiger partial charge in [0, 0.05) is 19.0 Å². The number of carbonyl (C=O) groups excluding carboxylic acids is 1. The number of hydrogen-bond acceptors (Lipinski definition) is 5. The van der Waals surface area contributed by atoms with Crippen molar-refractivity contribution in [2.45, 2.75) is 26.3 Å². The van der Waals surface area contributed by atoms with E-state index in [1.165, 1.54) is 12.5 Å². The van der Waals surface area contributed by atoms with Crippen LogP contribution in [0.4, 0.5) is 11.5 Å². The Bertz CT molecular complexity index is 353. The van der Waals surface area contributed by atoms with Gasteiger partial charge in [0.05, 0.1) is 11.9 Å². The Kier molecular flexibility index (Phi) is 4.50. The van der Waals surface area contributed by atoms with Crippen LogP contribution in [-0.2, 0) is 4.79 Å². The van der Waals surface area contributed by atoms with Crippen LogP contribution in [0.1, 0.15) is 20.3 Å². The molecule has 88 valence electrons. The second-order valence-corrected chi connectivity index (χ2v) is 3.73. The van der Waals surface area contributed by atoms with Crippen molar-refractivity contribution < 1.29 is 4.79 Å². The second-order valence-electron chi connectivity index (χ2n) is 3.73. The molecular formula is C10H17N5O. The molecule has 4 N–H and O–H groups in total. The zero-order chi connectivity index (χ0) is 12.0. The molecular weight excluding hydrogens is 206 g/mol. The summed E-state index contributed by atoms with van der Waals surface area (Å²) in [5.74, 6) is 0.572. The van der Waals surface area contributed by atoms with Crippen LogP contribution >= 0.6 is 0 Å². The molecule has 0 atom stereocenters. The van der Waals surface area contributed by atoms with E-state index in [0.29, 0.717) is 24.5 Å².